The highest BCUT2D eigenvalue weighted by Gasteiger charge is 2.04. The quantitative estimate of drug-likeness (QED) is 0.216. The first kappa shape index (κ1) is 26.2. The Bertz CT molecular complexity index is 689. The minimum absolute atomic E-state index is 0.589. The van der Waals surface area contributed by atoms with E-state index in [0.717, 1.165) is 50.3 Å². The Balaban J connectivity index is 1.60. The van der Waals surface area contributed by atoms with Gasteiger partial charge in [-0.05, 0) is 43.7 Å². The topological polar surface area (TPSA) is 57.1 Å². The SMILES string of the molecule is CCCCCCCCOc1cnc(-c2ccc(CCCCOCCCCCC)cn2)cn1. The van der Waals surface area contributed by atoms with Crippen LogP contribution in [0.25, 0.3) is 11.4 Å². The Morgan fingerprint density at radius 3 is 1.94 bits per heavy atom. The first-order valence-corrected chi connectivity index (χ1v) is 12.8. The molecule has 0 spiro atoms. The number of ether oxygens (including phenoxy) is 2. The van der Waals surface area contributed by atoms with E-state index < -0.39 is 0 Å². The molecule has 2 aromatic rings. The van der Waals surface area contributed by atoms with Crippen molar-refractivity contribution < 1.29 is 9.47 Å². The van der Waals surface area contributed by atoms with Crippen molar-refractivity contribution in [2.45, 2.75) is 97.3 Å². The van der Waals surface area contributed by atoms with Crippen molar-refractivity contribution in [2.24, 2.45) is 0 Å². The van der Waals surface area contributed by atoms with Crippen molar-refractivity contribution in [1.82, 2.24) is 15.0 Å². The highest BCUT2D eigenvalue weighted by atomic mass is 16.5. The average molecular weight is 442 g/mol. The smallest absolute Gasteiger partial charge is 0.232 e. The standard InChI is InChI=1S/C27H43N3O2/c1-3-5-7-9-10-13-20-32-27-23-29-26(22-30-27)25-17-16-24(21-28-25)15-11-14-19-31-18-12-8-6-4-2/h16-17,21-23H,3-15,18-20H2,1-2H3. The normalized spacial score (nSPS) is 11.1. The van der Waals surface area contributed by atoms with Crippen LogP contribution in [0.4, 0.5) is 0 Å². The second-order valence-electron chi connectivity index (χ2n) is 8.54. The van der Waals surface area contributed by atoms with Crippen LogP contribution in [0.5, 0.6) is 5.88 Å². The van der Waals surface area contributed by atoms with Crippen LogP contribution in [0.15, 0.2) is 30.7 Å². The molecule has 0 aliphatic heterocycles. The van der Waals surface area contributed by atoms with Crippen molar-refractivity contribution in [3.05, 3.63) is 36.3 Å². The maximum Gasteiger partial charge on any atom is 0.232 e. The fraction of sp³-hybridized carbons (Fsp3) is 0.667. The summed E-state index contributed by atoms with van der Waals surface area (Å²) in [5.74, 6) is 0.589. The summed E-state index contributed by atoms with van der Waals surface area (Å²) in [7, 11) is 0. The maximum absolute atomic E-state index is 5.71. The number of pyridine rings is 1. The molecule has 0 amide bonds. The number of rotatable bonds is 19. The highest BCUT2D eigenvalue weighted by Crippen LogP contribution is 2.16. The van der Waals surface area contributed by atoms with Gasteiger partial charge in [0.1, 0.15) is 5.69 Å². The molecule has 0 aliphatic rings. The molecule has 0 saturated heterocycles. The summed E-state index contributed by atoms with van der Waals surface area (Å²) in [5.41, 5.74) is 2.88. The molecule has 0 saturated carbocycles. The van der Waals surface area contributed by atoms with E-state index >= 15 is 0 Å². The fourth-order valence-corrected chi connectivity index (χ4v) is 3.57. The van der Waals surface area contributed by atoms with Gasteiger partial charge in [-0.25, -0.2) is 9.97 Å². The first-order valence-electron chi connectivity index (χ1n) is 12.8. The molecule has 0 N–H and O–H groups in total. The van der Waals surface area contributed by atoms with Crippen LogP contribution in [0.1, 0.15) is 96.5 Å². The lowest BCUT2D eigenvalue weighted by Gasteiger charge is -2.07. The molecule has 5 heteroatoms. The van der Waals surface area contributed by atoms with Crippen molar-refractivity contribution in [1.29, 1.82) is 0 Å². The van der Waals surface area contributed by atoms with Gasteiger partial charge in [-0.3, -0.25) is 4.98 Å². The van der Waals surface area contributed by atoms with Crippen LogP contribution in [-0.2, 0) is 11.2 Å². The number of hydrogen-bond acceptors (Lipinski definition) is 5. The van der Waals surface area contributed by atoms with Crippen molar-refractivity contribution in [3.8, 4) is 17.3 Å². The lowest BCUT2D eigenvalue weighted by atomic mass is 10.1. The molecule has 32 heavy (non-hydrogen) atoms. The second kappa shape index (κ2) is 17.5. The lowest BCUT2D eigenvalue weighted by Crippen LogP contribution is -2.00. The molecule has 0 unspecified atom stereocenters. The van der Waals surface area contributed by atoms with E-state index in [-0.39, 0.29) is 0 Å². The first-order chi connectivity index (χ1) is 15.8. The Labute approximate surface area is 195 Å². The Morgan fingerprint density at radius 1 is 0.594 bits per heavy atom. The molecule has 2 rings (SSSR count). The van der Waals surface area contributed by atoms with Gasteiger partial charge < -0.3 is 9.47 Å². The van der Waals surface area contributed by atoms with E-state index in [4.69, 9.17) is 9.47 Å². The number of nitrogens with zero attached hydrogens (tertiary/aromatic N) is 3. The van der Waals surface area contributed by atoms with Crippen molar-refractivity contribution >= 4 is 0 Å². The maximum atomic E-state index is 5.71. The zero-order valence-electron chi connectivity index (χ0n) is 20.4. The zero-order valence-corrected chi connectivity index (χ0v) is 20.4. The van der Waals surface area contributed by atoms with Gasteiger partial charge in [0.05, 0.1) is 24.7 Å². The minimum Gasteiger partial charge on any atom is -0.477 e. The molecule has 0 atom stereocenters. The van der Waals surface area contributed by atoms with Gasteiger partial charge in [0.25, 0.3) is 0 Å². The van der Waals surface area contributed by atoms with E-state index in [9.17, 15) is 0 Å². The summed E-state index contributed by atoms with van der Waals surface area (Å²) in [5, 5.41) is 0. The molecule has 178 valence electrons. The van der Waals surface area contributed by atoms with Gasteiger partial charge in [-0.1, -0.05) is 71.3 Å². The number of aromatic nitrogens is 3. The third-order valence-electron chi connectivity index (χ3n) is 5.61. The molecule has 0 fully saturated rings. The van der Waals surface area contributed by atoms with Crippen molar-refractivity contribution in [2.75, 3.05) is 19.8 Å². The predicted molar refractivity (Wildman–Crippen MR) is 132 cm³/mol. The van der Waals surface area contributed by atoms with Crippen LogP contribution in [0.2, 0.25) is 0 Å². The van der Waals surface area contributed by atoms with E-state index in [2.05, 4.69) is 34.9 Å². The molecule has 2 aromatic heterocycles. The van der Waals surface area contributed by atoms with Crippen molar-refractivity contribution in [3.63, 3.8) is 0 Å². The molecule has 0 aliphatic carbocycles. The second-order valence-corrected chi connectivity index (χ2v) is 8.54. The largest absolute Gasteiger partial charge is 0.477 e. The Hall–Kier alpha value is -2.01. The van der Waals surface area contributed by atoms with Gasteiger partial charge in [-0.15, -0.1) is 0 Å². The summed E-state index contributed by atoms with van der Waals surface area (Å²) >= 11 is 0. The monoisotopic (exact) mass is 441 g/mol. The van der Waals surface area contributed by atoms with Crippen LogP contribution in [-0.4, -0.2) is 34.8 Å². The summed E-state index contributed by atoms with van der Waals surface area (Å²) in [4.78, 5) is 13.4. The summed E-state index contributed by atoms with van der Waals surface area (Å²) < 4.78 is 11.4. The molecular weight excluding hydrogens is 398 g/mol. The minimum atomic E-state index is 0.589. The van der Waals surface area contributed by atoms with Crippen LogP contribution < -0.4 is 4.74 Å². The molecular formula is C27H43N3O2. The molecule has 0 bridgehead atoms. The van der Waals surface area contributed by atoms with Gasteiger partial charge in [0, 0.05) is 19.4 Å². The summed E-state index contributed by atoms with van der Waals surface area (Å²) in [6.45, 7) is 6.94. The molecule has 5 nitrogen and oxygen atoms in total. The highest BCUT2D eigenvalue weighted by molar-refractivity contribution is 5.52. The molecule has 2 heterocycles. The fourth-order valence-electron chi connectivity index (χ4n) is 3.57. The Kier molecular flexibility index (Phi) is 14.4. The molecule has 0 aromatic carbocycles. The van der Waals surface area contributed by atoms with Gasteiger partial charge in [0.15, 0.2) is 0 Å². The van der Waals surface area contributed by atoms with Gasteiger partial charge in [-0.2, -0.15) is 0 Å². The third-order valence-corrected chi connectivity index (χ3v) is 5.61. The predicted octanol–water partition coefficient (Wildman–Crippen LogP) is 7.20. The van der Waals surface area contributed by atoms with E-state index in [1.807, 2.05) is 12.3 Å². The van der Waals surface area contributed by atoms with Crippen LogP contribution >= 0.6 is 0 Å². The van der Waals surface area contributed by atoms with Crippen LogP contribution in [0, 0.1) is 0 Å². The number of hydrogen-bond donors (Lipinski definition) is 0. The van der Waals surface area contributed by atoms with E-state index in [0.29, 0.717) is 12.5 Å². The van der Waals surface area contributed by atoms with Gasteiger partial charge >= 0.3 is 0 Å². The van der Waals surface area contributed by atoms with Crippen LogP contribution in [0.3, 0.4) is 0 Å². The third kappa shape index (κ3) is 11.6. The molecule has 0 radical (unpaired) electrons. The van der Waals surface area contributed by atoms with E-state index in [1.54, 1.807) is 12.4 Å². The van der Waals surface area contributed by atoms with Gasteiger partial charge in [0.2, 0.25) is 5.88 Å². The number of aryl methyl sites for hydroxylation is 1. The van der Waals surface area contributed by atoms with E-state index in [1.165, 1.54) is 63.4 Å². The summed E-state index contributed by atoms with van der Waals surface area (Å²) in [6, 6.07) is 4.17. The summed E-state index contributed by atoms with van der Waals surface area (Å²) in [6.07, 6.45) is 21.2. The Morgan fingerprint density at radius 2 is 1.25 bits per heavy atom. The lowest BCUT2D eigenvalue weighted by molar-refractivity contribution is 0.126. The average Bonchev–Trinajstić information content (AvgIpc) is 2.83. The number of unbranched alkanes of at least 4 members (excludes halogenated alkanes) is 9. The zero-order chi connectivity index (χ0) is 22.7.